The van der Waals surface area contributed by atoms with Crippen LogP contribution in [0.2, 0.25) is 0 Å². The highest BCUT2D eigenvalue weighted by molar-refractivity contribution is 5.55. The molecule has 0 bridgehead atoms. The Bertz CT molecular complexity index is 359. The lowest BCUT2D eigenvalue weighted by atomic mass is 10.2. The van der Waals surface area contributed by atoms with Crippen LogP contribution in [0.25, 0.3) is 0 Å². The second-order valence-electron chi connectivity index (χ2n) is 3.88. The molecule has 15 heavy (non-hydrogen) atoms. The molecule has 2 rings (SSSR count). The summed E-state index contributed by atoms with van der Waals surface area (Å²) in [5, 5.41) is 8.98. The summed E-state index contributed by atoms with van der Waals surface area (Å²) in [5.41, 5.74) is 1.56. The van der Waals surface area contributed by atoms with E-state index < -0.39 is 0 Å². The Labute approximate surface area is 90.4 Å². The summed E-state index contributed by atoms with van der Waals surface area (Å²) in [5.74, 6) is 0. The number of rotatable bonds is 1. The molecule has 0 radical (unpaired) electrons. The molecular formula is C12H15N3. The molecule has 0 unspecified atom stereocenters. The highest BCUT2D eigenvalue weighted by Gasteiger charge is 2.13. The van der Waals surface area contributed by atoms with Crippen LogP contribution in [0.1, 0.15) is 31.4 Å². The van der Waals surface area contributed by atoms with Crippen molar-refractivity contribution in [3.05, 3.63) is 24.0 Å². The minimum atomic E-state index is 0.555. The molecular weight excluding hydrogens is 186 g/mol. The minimum absolute atomic E-state index is 0.555. The second kappa shape index (κ2) is 4.79. The Morgan fingerprint density at radius 2 is 1.93 bits per heavy atom. The summed E-state index contributed by atoms with van der Waals surface area (Å²) in [6.45, 7) is 2.11. The SMILES string of the molecule is N#Cc1ncccc1N1CCCCCC1. The molecule has 0 atom stereocenters. The van der Waals surface area contributed by atoms with Crippen molar-refractivity contribution in [1.29, 1.82) is 5.26 Å². The van der Waals surface area contributed by atoms with Crippen LogP contribution in [0.4, 0.5) is 5.69 Å². The topological polar surface area (TPSA) is 39.9 Å². The van der Waals surface area contributed by atoms with Crippen LogP contribution in [0.3, 0.4) is 0 Å². The summed E-state index contributed by atoms with van der Waals surface area (Å²) >= 11 is 0. The van der Waals surface area contributed by atoms with E-state index in [0.717, 1.165) is 18.8 Å². The van der Waals surface area contributed by atoms with E-state index in [1.807, 2.05) is 12.1 Å². The first-order chi connectivity index (χ1) is 7.42. The van der Waals surface area contributed by atoms with Crippen molar-refractivity contribution in [3.63, 3.8) is 0 Å². The number of aromatic nitrogens is 1. The van der Waals surface area contributed by atoms with Crippen LogP contribution in [-0.4, -0.2) is 18.1 Å². The van der Waals surface area contributed by atoms with Crippen LogP contribution in [-0.2, 0) is 0 Å². The van der Waals surface area contributed by atoms with E-state index >= 15 is 0 Å². The Balaban J connectivity index is 2.23. The van der Waals surface area contributed by atoms with Crippen LogP contribution in [0.15, 0.2) is 18.3 Å². The molecule has 0 spiro atoms. The van der Waals surface area contributed by atoms with Crippen molar-refractivity contribution in [2.45, 2.75) is 25.7 Å². The first-order valence-corrected chi connectivity index (χ1v) is 5.52. The van der Waals surface area contributed by atoms with E-state index in [2.05, 4.69) is 16.0 Å². The molecule has 1 aromatic rings. The minimum Gasteiger partial charge on any atom is -0.369 e. The van der Waals surface area contributed by atoms with E-state index in [1.165, 1.54) is 25.7 Å². The van der Waals surface area contributed by atoms with Crippen molar-refractivity contribution in [1.82, 2.24) is 4.98 Å². The fourth-order valence-corrected chi connectivity index (χ4v) is 2.05. The Morgan fingerprint density at radius 1 is 1.20 bits per heavy atom. The monoisotopic (exact) mass is 201 g/mol. The third-order valence-corrected chi connectivity index (χ3v) is 2.84. The van der Waals surface area contributed by atoms with E-state index in [0.29, 0.717) is 5.69 Å². The molecule has 0 N–H and O–H groups in total. The van der Waals surface area contributed by atoms with E-state index in [9.17, 15) is 0 Å². The van der Waals surface area contributed by atoms with Gasteiger partial charge in [0.2, 0.25) is 0 Å². The number of anilines is 1. The zero-order chi connectivity index (χ0) is 10.5. The van der Waals surface area contributed by atoms with Gasteiger partial charge in [-0.25, -0.2) is 4.98 Å². The molecule has 1 aromatic heterocycles. The maximum Gasteiger partial charge on any atom is 0.163 e. The van der Waals surface area contributed by atoms with Crippen molar-refractivity contribution in [3.8, 4) is 6.07 Å². The molecule has 0 aliphatic carbocycles. The van der Waals surface area contributed by atoms with Gasteiger partial charge >= 0.3 is 0 Å². The average molecular weight is 201 g/mol. The fourth-order valence-electron chi connectivity index (χ4n) is 2.05. The molecule has 0 saturated carbocycles. The zero-order valence-electron chi connectivity index (χ0n) is 8.82. The summed E-state index contributed by atoms with van der Waals surface area (Å²) in [6, 6.07) is 6.06. The van der Waals surface area contributed by atoms with Gasteiger partial charge in [-0.2, -0.15) is 5.26 Å². The molecule has 1 aliphatic rings. The molecule has 1 saturated heterocycles. The van der Waals surface area contributed by atoms with Gasteiger partial charge in [-0.3, -0.25) is 0 Å². The molecule has 2 heterocycles. The van der Waals surface area contributed by atoms with E-state index in [1.54, 1.807) is 6.20 Å². The van der Waals surface area contributed by atoms with E-state index in [4.69, 9.17) is 5.26 Å². The van der Waals surface area contributed by atoms with Crippen LogP contribution < -0.4 is 4.90 Å². The highest BCUT2D eigenvalue weighted by Crippen LogP contribution is 2.21. The van der Waals surface area contributed by atoms with Gasteiger partial charge in [0, 0.05) is 19.3 Å². The number of nitriles is 1. The Morgan fingerprint density at radius 3 is 2.60 bits per heavy atom. The highest BCUT2D eigenvalue weighted by atomic mass is 15.1. The number of nitrogens with zero attached hydrogens (tertiary/aromatic N) is 3. The summed E-state index contributed by atoms with van der Waals surface area (Å²) in [4.78, 5) is 6.39. The van der Waals surface area contributed by atoms with Crippen LogP contribution in [0.5, 0.6) is 0 Å². The predicted octanol–water partition coefficient (Wildman–Crippen LogP) is 2.33. The van der Waals surface area contributed by atoms with Gasteiger partial charge in [0.1, 0.15) is 6.07 Å². The normalized spacial score (nSPS) is 16.9. The predicted molar refractivity (Wildman–Crippen MR) is 59.6 cm³/mol. The van der Waals surface area contributed by atoms with Gasteiger partial charge in [0.05, 0.1) is 5.69 Å². The maximum atomic E-state index is 8.98. The fraction of sp³-hybridized carbons (Fsp3) is 0.500. The number of hydrogen-bond donors (Lipinski definition) is 0. The third kappa shape index (κ3) is 2.27. The molecule has 78 valence electrons. The summed E-state index contributed by atoms with van der Waals surface area (Å²) < 4.78 is 0. The molecule has 0 aromatic carbocycles. The third-order valence-electron chi connectivity index (χ3n) is 2.84. The standard InChI is InChI=1S/C12H15N3/c13-10-11-12(6-5-7-14-11)15-8-3-1-2-4-9-15/h5-7H,1-4,8-9H2. The van der Waals surface area contributed by atoms with Crippen molar-refractivity contribution >= 4 is 5.69 Å². The first-order valence-electron chi connectivity index (χ1n) is 5.52. The lowest BCUT2D eigenvalue weighted by molar-refractivity contribution is 0.726. The summed E-state index contributed by atoms with van der Waals surface area (Å²) in [6.07, 6.45) is 6.73. The molecule has 1 aliphatic heterocycles. The molecule has 0 amide bonds. The van der Waals surface area contributed by atoms with Gasteiger partial charge in [-0.05, 0) is 25.0 Å². The van der Waals surface area contributed by atoms with E-state index in [-0.39, 0.29) is 0 Å². The second-order valence-corrected chi connectivity index (χ2v) is 3.88. The number of pyridine rings is 1. The largest absolute Gasteiger partial charge is 0.369 e. The van der Waals surface area contributed by atoms with Crippen LogP contribution >= 0.6 is 0 Å². The quantitative estimate of drug-likeness (QED) is 0.700. The molecule has 3 heteroatoms. The zero-order valence-corrected chi connectivity index (χ0v) is 8.82. The first kappa shape index (κ1) is 9.97. The number of hydrogen-bond acceptors (Lipinski definition) is 3. The summed E-state index contributed by atoms with van der Waals surface area (Å²) in [7, 11) is 0. The maximum absolute atomic E-state index is 8.98. The average Bonchev–Trinajstić information content (AvgIpc) is 2.57. The van der Waals surface area contributed by atoms with Gasteiger partial charge in [-0.1, -0.05) is 12.8 Å². The smallest absolute Gasteiger partial charge is 0.163 e. The van der Waals surface area contributed by atoms with Crippen LogP contribution in [0, 0.1) is 11.3 Å². The van der Waals surface area contributed by atoms with Gasteiger partial charge < -0.3 is 4.90 Å². The van der Waals surface area contributed by atoms with Gasteiger partial charge in [-0.15, -0.1) is 0 Å². The van der Waals surface area contributed by atoms with Crippen molar-refractivity contribution in [2.24, 2.45) is 0 Å². The molecule has 1 fully saturated rings. The van der Waals surface area contributed by atoms with Gasteiger partial charge in [0.15, 0.2) is 5.69 Å². The Hall–Kier alpha value is -1.56. The lowest BCUT2D eigenvalue weighted by Gasteiger charge is -2.22. The van der Waals surface area contributed by atoms with Gasteiger partial charge in [0.25, 0.3) is 0 Å². The molecule has 3 nitrogen and oxygen atoms in total. The Kier molecular flexibility index (Phi) is 3.18. The lowest BCUT2D eigenvalue weighted by Crippen LogP contribution is -2.24. The van der Waals surface area contributed by atoms with Crippen molar-refractivity contribution in [2.75, 3.05) is 18.0 Å². The van der Waals surface area contributed by atoms with Crippen molar-refractivity contribution < 1.29 is 0 Å².